The normalized spacial score (nSPS) is 11.8. The molecule has 9 heteroatoms. The van der Waals surface area contributed by atoms with Gasteiger partial charge in [0.1, 0.15) is 8.91 Å². The fraction of sp³-hybridized carbons (Fsp3) is 0.364. The molecule has 0 saturated heterocycles. The number of primary sulfonamides is 1. The lowest BCUT2D eigenvalue weighted by molar-refractivity contribution is 0.381. The Morgan fingerprint density at radius 2 is 2.05 bits per heavy atom. The lowest BCUT2D eigenvalue weighted by atomic mass is 10.3. The predicted molar refractivity (Wildman–Crippen MR) is 83.3 cm³/mol. The topological polar surface area (TPSA) is 85.4 Å². The molecule has 0 saturated carbocycles. The minimum absolute atomic E-state index is 0. The first-order valence-electron chi connectivity index (χ1n) is 5.59. The van der Waals surface area contributed by atoms with Gasteiger partial charge < -0.3 is 9.47 Å². The Kier molecular flexibility index (Phi) is 5.33. The summed E-state index contributed by atoms with van der Waals surface area (Å²) in [4.78, 5) is 14.2. The zero-order valence-electron chi connectivity index (χ0n) is 11.1. The SMILES string of the molecule is CN(C)CCn1ccc2cc(S(N)(=O)=O)sc2c1=O.Cl. The molecule has 2 aromatic heterocycles. The largest absolute Gasteiger partial charge is 0.313 e. The maximum atomic E-state index is 12.2. The highest BCUT2D eigenvalue weighted by Gasteiger charge is 2.14. The van der Waals surface area contributed by atoms with Gasteiger partial charge in [-0.05, 0) is 26.2 Å². The quantitative estimate of drug-likeness (QED) is 0.889. The summed E-state index contributed by atoms with van der Waals surface area (Å²) in [5, 5.41) is 5.69. The molecule has 0 unspecified atom stereocenters. The van der Waals surface area contributed by atoms with E-state index in [1.165, 1.54) is 6.07 Å². The molecular weight excluding hydrogens is 322 g/mol. The van der Waals surface area contributed by atoms with Crippen LogP contribution in [0.1, 0.15) is 0 Å². The third kappa shape index (κ3) is 3.58. The molecule has 0 fully saturated rings. The lowest BCUT2D eigenvalue weighted by Gasteiger charge is -2.10. The maximum Gasteiger partial charge on any atom is 0.268 e. The van der Waals surface area contributed by atoms with Crippen LogP contribution >= 0.6 is 23.7 Å². The van der Waals surface area contributed by atoms with Gasteiger partial charge in [-0.15, -0.1) is 23.7 Å². The Morgan fingerprint density at radius 1 is 1.40 bits per heavy atom. The van der Waals surface area contributed by atoms with E-state index >= 15 is 0 Å². The number of aromatic nitrogens is 1. The minimum atomic E-state index is -3.76. The van der Waals surface area contributed by atoms with Crippen molar-refractivity contribution in [1.82, 2.24) is 9.47 Å². The van der Waals surface area contributed by atoms with Gasteiger partial charge in [0.2, 0.25) is 10.0 Å². The third-order valence-electron chi connectivity index (χ3n) is 2.70. The Hall–Kier alpha value is -0.930. The van der Waals surface area contributed by atoms with Crippen molar-refractivity contribution in [2.45, 2.75) is 10.8 Å². The number of fused-ring (bicyclic) bond motifs is 1. The number of rotatable bonds is 4. The second-order valence-electron chi connectivity index (χ2n) is 4.51. The zero-order valence-corrected chi connectivity index (χ0v) is 13.5. The summed E-state index contributed by atoms with van der Waals surface area (Å²) in [5.74, 6) is 0. The average molecular weight is 338 g/mol. The number of halogens is 1. The van der Waals surface area contributed by atoms with Gasteiger partial charge in [-0.25, -0.2) is 13.6 Å². The maximum absolute atomic E-state index is 12.2. The molecule has 0 aliphatic carbocycles. The number of pyridine rings is 1. The number of likely N-dealkylation sites (N-methyl/N-ethyl adjacent to an activating group) is 1. The average Bonchev–Trinajstić information content (AvgIpc) is 2.72. The number of hydrogen-bond acceptors (Lipinski definition) is 5. The molecule has 0 spiro atoms. The minimum Gasteiger partial charge on any atom is -0.313 e. The molecule has 2 heterocycles. The molecule has 2 N–H and O–H groups in total. The van der Waals surface area contributed by atoms with Gasteiger partial charge in [-0.1, -0.05) is 0 Å². The first kappa shape index (κ1) is 17.1. The second kappa shape index (κ2) is 6.23. The Morgan fingerprint density at radius 3 is 2.60 bits per heavy atom. The van der Waals surface area contributed by atoms with Crippen LogP contribution in [0, 0.1) is 0 Å². The second-order valence-corrected chi connectivity index (χ2v) is 7.35. The van der Waals surface area contributed by atoms with Crippen molar-refractivity contribution in [2.24, 2.45) is 5.14 Å². The number of sulfonamides is 1. The third-order valence-corrected chi connectivity index (χ3v) is 5.25. The van der Waals surface area contributed by atoms with E-state index in [4.69, 9.17) is 5.14 Å². The molecule has 0 aliphatic rings. The predicted octanol–water partition coefficient (Wildman–Crippen LogP) is 0.694. The van der Waals surface area contributed by atoms with Crippen LogP contribution in [0.25, 0.3) is 10.1 Å². The Bertz CT molecular complexity index is 765. The standard InChI is InChI=1S/C11H15N3O3S2.ClH/c1-13(2)5-6-14-4-3-8-7-9(19(12,16)17)18-10(8)11(14)15;/h3-4,7H,5-6H2,1-2H3,(H2,12,16,17);1H. The van der Waals surface area contributed by atoms with Gasteiger partial charge in [-0.2, -0.15) is 0 Å². The molecule has 0 aliphatic heterocycles. The van der Waals surface area contributed by atoms with E-state index in [9.17, 15) is 13.2 Å². The molecule has 2 rings (SSSR count). The van der Waals surface area contributed by atoms with Gasteiger partial charge in [-0.3, -0.25) is 4.79 Å². The summed E-state index contributed by atoms with van der Waals surface area (Å²) >= 11 is 0.919. The van der Waals surface area contributed by atoms with Crippen LogP contribution in [0.3, 0.4) is 0 Å². The van der Waals surface area contributed by atoms with Crippen LogP contribution in [0.4, 0.5) is 0 Å². The van der Waals surface area contributed by atoms with Crippen LogP contribution in [-0.2, 0) is 16.6 Å². The highest BCUT2D eigenvalue weighted by Crippen LogP contribution is 2.25. The summed E-state index contributed by atoms with van der Waals surface area (Å²) in [6.45, 7) is 1.29. The van der Waals surface area contributed by atoms with Crippen LogP contribution in [-0.4, -0.2) is 38.5 Å². The number of hydrogen-bond donors (Lipinski definition) is 1. The van der Waals surface area contributed by atoms with Gasteiger partial charge in [0.15, 0.2) is 0 Å². The van der Waals surface area contributed by atoms with Gasteiger partial charge >= 0.3 is 0 Å². The highest BCUT2D eigenvalue weighted by molar-refractivity contribution is 7.91. The summed E-state index contributed by atoms with van der Waals surface area (Å²) in [7, 11) is 0.0910. The van der Waals surface area contributed by atoms with Crippen molar-refractivity contribution in [2.75, 3.05) is 20.6 Å². The number of nitrogens with zero attached hydrogens (tertiary/aromatic N) is 2. The van der Waals surface area contributed by atoms with Gasteiger partial charge in [0.25, 0.3) is 5.56 Å². The summed E-state index contributed by atoms with van der Waals surface area (Å²) in [6, 6.07) is 3.17. The van der Waals surface area contributed by atoms with Crippen molar-refractivity contribution in [3.63, 3.8) is 0 Å². The molecule has 0 amide bonds. The van der Waals surface area contributed by atoms with Crippen LogP contribution in [0.15, 0.2) is 27.3 Å². The van der Waals surface area contributed by atoms with Crippen molar-refractivity contribution < 1.29 is 8.42 Å². The van der Waals surface area contributed by atoms with Crippen molar-refractivity contribution in [3.05, 3.63) is 28.7 Å². The van der Waals surface area contributed by atoms with Gasteiger partial charge in [0, 0.05) is 24.7 Å². The van der Waals surface area contributed by atoms with E-state index in [0.717, 1.165) is 17.9 Å². The molecule has 0 radical (unpaired) electrons. The Balaban J connectivity index is 0.00000200. The molecule has 0 aromatic carbocycles. The smallest absolute Gasteiger partial charge is 0.268 e. The molecule has 2 aromatic rings. The molecule has 6 nitrogen and oxygen atoms in total. The van der Waals surface area contributed by atoms with Crippen molar-refractivity contribution in [1.29, 1.82) is 0 Å². The van der Waals surface area contributed by atoms with E-state index in [1.54, 1.807) is 16.8 Å². The molecule has 20 heavy (non-hydrogen) atoms. The van der Waals surface area contributed by atoms with Gasteiger partial charge in [0.05, 0.1) is 0 Å². The molecule has 0 atom stereocenters. The molecule has 112 valence electrons. The summed E-state index contributed by atoms with van der Waals surface area (Å²) in [5.41, 5.74) is -0.181. The van der Waals surface area contributed by atoms with Crippen molar-refractivity contribution >= 4 is 43.9 Å². The van der Waals surface area contributed by atoms with E-state index in [-0.39, 0.29) is 22.2 Å². The zero-order chi connectivity index (χ0) is 14.2. The highest BCUT2D eigenvalue weighted by atomic mass is 35.5. The fourth-order valence-electron chi connectivity index (χ4n) is 1.66. The summed E-state index contributed by atoms with van der Waals surface area (Å²) < 4.78 is 24.6. The monoisotopic (exact) mass is 337 g/mol. The van der Waals surface area contributed by atoms with E-state index in [0.29, 0.717) is 16.6 Å². The number of nitrogens with two attached hydrogens (primary N) is 1. The molecular formula is C11H16ClN3O3S2. The molecule has 0 bridgehead atoms. The first-order chi connectivity index (χ1) is 8.79. The summed E-state index contributed by atoms with van der Waals surface area (Å²) in [6.07, 6.45) is 1.67. The van der Waals surface area contributed by atoms with Crippen molar-refractivity contribution in [3.8, 4) is 0 Å². The fourth-order valence-corrected chi connectivity index (χ4v) is 3.51. The van der Waals surface area contributed by atoms with E-state index < -0.39 is 10.0 Å². The number of thiophene rings is 1. The van der Waals surface area contributed by atoms with Crippen LogP contribution < -0.4 is 10.7 Å². The van der Waals surface area contributed by atoms with E-state index in [2.05, 4.69) is 0 Å². The van der Waals surface area contributed by atoms with Crippen LogP contribution in [0.2, 0.25) is 0 Å². The van der Waals surface area contributed by atoms with E-state index in [1.807, 2.05) is 19.0 Å². The first-order valence-corrected chi connectivity index (χ1v) is 7.96. The Labute approximate surface area is 127 Å². The van der Waals surface area contributed by atoms with Crippen LogP contribution in [0.5, 0.6) is 0 Å². The lowest BCUT2D eigenvalue weighted by Crippen LogP contribution is -2.25.